The van der Waals surface area contributed by atoms with Crippen molar-refractivity contribution < 1.29 is 14.3 Å². The molecule has 0 radical (unpaired) electrons. The SMILES string of the molecule is COc1cc2c(cc1OC)C(N)CC2=O.Cl. The highest BCUT2D eigenvalue weighted by Gasteiger charge is 2.28. The maximum atomic E-state index is 11.6. The summed E-state index contributed by atoms with van der Waals surface area (Å²) in [5.41, 5.74) is 7.33. The molecule has 2 N–H and O–H groups in total. The number of halogens is 1. The molecule has 0 aromatic heterocycles. The van der Waals surface area contributed by atoms with E-state index in [-0.39, 0.29) is 24.2 Å². The van der Waals surface area contributed by atoms with Crippen molar-refractivity contribution in [3.8, 4) is 11.5 Å². The monoisotopic (exact) mass is 243 g/mol. The van der Waals surface area contributed by atoms with Gasteiger partial charge in [-0.25, -0.2) is 0 Å². The summed E-state index contributed by atoms with van der Waals surface area (Å²) in [6.45, 7) is 0. The number of hydrogen-bond acceptors (Lipinski definition) is 4. The minimum Gasteiger partial charge on any atom is -0.493 e. The number of fused-ring (bicyclic) bond motifs is 1. The number of nitrogens with two attached hydrogens (primary N) is 1. The van der Waals surface area contributed by atoms with Crippen LogP contribution in [0.1, 0.15) is 28.4 Å². The molecule has 4 nitrogen and oxygen atoms in total. The number of carbonyl (C=O) groups excluding carboxylic acids is 1. The van der Waals surface area contributed by atoms with Crippen LogP contribution in [0.2, 0.25) is 0 Å². The van der Waals surface area contributed by atoms with Gasteiger partial charge in [0.25, 0.3) is 0 Å². The first kappa shape index (κ1) is 12.8. The summed E-state index contributed by atoms with van der Waals surface area (Å²) in [6.07, 6.45) is 0.367. The fourth-order valence-electron chi connectivity index (χ4n) is 1.86. The van der Waals surface area contributed by atoms with Gasteiger partial charge in [-0.1, -0.05) is 0 Å². The molecule has 1 aliphatic rings. The molecule has 0 bridgehead atoms. The quantitative estimate of drug-likeness (QED) is 0.859. The molecule has 1 aliphatic carbocycles. The second kappa shape index (κ2) is 4.72. The molecule has 1 aromatic rings. The Labute approximate surface area is 100 Å². The minimum absolute atomic E-state index is 0. The van der Waals surface area contributed by atoms with Crippen molar-refractivity contribution in [3.63, 3.8) is 0 Å². The van der Waals surface area contributed by atoms with Crippen LogP contribution in [0.3, 0.4) is 0 Å². The lowest BCUT2D eigenvalue weighted by molar-refractivity contribution is 0.0989. The minimum atomic E-state index is -0.215. The molecule has 16 heavy (non-hydrogen) atoms. The van der Waals surface area contributed by atoms with Gasteiger partial charge in [0.1, 0.15) is 0 Å². The molecule has 0 saturated carbocycles. The van der Waals surface area contributed by atoms with E-state index in [2.05, 4.69) is 0 Å². The van der Waals surface area contributed by atoms with E-state index in [1.807, 2.05) is 0 Å². The molecule has 0 heterocycles. The van der Waals surface area contributed by atoms with E-state index in [0.29, 0.717) is 23.5 Å². The van der Waals surface area contributed by atoms with Crippen molar-refractivity contribution in [1.82, 2.24) is 0 Å². The second-order valence-electron chi connectivity index (χ2n) is 3.53. The summed E-state index contributed by atoms with van der Waals surface area (Å²) in [7, 11) is 3.11. The molecule has 0 amide bonds. The van der Waals surface area contributed by atoms with Crippen LogP contribution >= 0.6 is 12.4 Å². The van der Waals surface area contributed by atoms with Crippen LogP contribution in [0.15, 0.2) is 12.1 Å². The average molecular weight is 244 g/mol. The van der Waals surface area contributed by atoms with E-state index in [4.69, 9.17) is 15.2 Å². The molecular formula is C11H14ClNO3. The largest absolute Gasteiger partial charge is 0.493 e. The lowest BCUT2D eigenvalue weighted by Gasteiger charge is -2.10. The standard InChI is InChI=1S/C11H13NO3.ClH/c1-14-10-3-6-7(4-11(10)15-2)9(13)5-8(6)12;/h3-4,8H,5,12H2,1-2H3;1H. The first-order valence-corrected chi connectivity index (χ1v) is 4.72. The Morgan fingerprint density at radius 3 is 2.38 bits per heavy atom. The predicted octanol–water partition coefficient (Wildman–Crippen LogP) is 1.71. The highest BCUT2D eigenvalue weighted by atomic mass is 35.5. The van der Waals surface area contributed by atoms with Crippen LogP contribution in [0.4, 0.5) is 0 Å². The van der Waals surface area contributed by atoms with Gasteiger partial charge in [0, 0.05) is 18.0 Å². The van der Waals surface area contributed by atoms with Gasteiger partial charge in [0.05, 0.1) is 14.2 Å². The maximum Gasteiger partial charge on any atom is 0.165 e. The summed E-state index contributed by atoms with van der Waals surface area (Å²) >= 11 is 0. The summed E-state index contributed by atoms with van der Waals surface area (Å²) in [6, 6.07) is 3.26. The van der Waals surface area contributed by atoms with Gasteiger partial charge in [-0.3, -0.25) is 4.79 Å². The smallest absolute Gasteiger partial charge is 0.165 e. The zero-order valence-electron chi connectivity index (χ0n) is 9.15. The van der Waals surface area contributed by atoms with E-state index in [1.54, 1.807) is 26.4 Å². The number of benzene rings is 1. The van der Waals surface area contributed by atoms with Crippen molar-refractivity contribution >= 4 is 18.2 Å². The first-order chi connectivity index (χ1) is 7.17. The normalized spacial score (nSPS) is 17.7. The Kier molecular flexibility index (Phi) is 3.78. The number of ketones is 1. The molecule has 1 atom stereocenters. The molecule has 1 unspecified atom stereocenters. The van der Waals surface area contributed by atoms with Gasteiger partial charge in [-0.15, -0.1) is 12.4 Å². The van der Waals surface area contributed by atoms with Crippen LogP contribution in [-0.4, -0.2) is 20.0 Å². The highest BCUT2D eigenvalue weighted by Crippen LogP contribution is 2.38. The second-order valence-corrected chi connectivity index (χ2v) is 3.53. The molecule has 1 aromatic carbocycles. The molecule has 88 valence electrons. The Morgan fingerprint density at radius 1 is 1.25 bits per heavy atom. The first-order valence-electron chi connectivity index (χ1n) is 4.72. The van der Waals surface area contributed by atoms with Gasteiger partial charge in [0.2, 0.25) is 0 Å². The fraction of sp³-hybridized carbons (Fsp3) is 0.364. The van der Waals surface area contributed by atoms with Gasteiger partial charge >= 0.3 is 0 Å². The maximum absolute atomic E-state index is 11.6. The van der Waals surface area contributed by atoms with E-state index in [0.717, 1.165) is 5.56 Å². The zero-order valence-corrected chi connectivity index (χ0v) is 9.97. The van der Waals surface area contributed by atoms with E-state index in [9.17, 15) is 4.79 Å². The summed E-state index contributed by atoms with van der Waals surface area (Å²) in [5.74, 6) is 1.25. The van der Waals surface area contributed by atoms with Gasteiger partial charge < -0.3 is 15.2 Å². The molecule has 0 saturated heterocycles. The zero-order chi connectivity index (χ0) is 11.0. The van der Waals surface area contributed by atoms with Crippen molar-refractivity contribution in [2.45, 2.75) is 12.5 Å². The Balaban J connectivity index is 0.00000128. The third kappa shape index (κ3) is 1.86. The molecule has 0 fully saturated rings. The van der Waals surface area contributed by atoms with Gasteiger partial charge in [0.15, 0.2) is 17.3 Å². The number of methoxy groups -OCH3 is 2. The number of Topliss-reactive ketones (excluding diaryl/α,β-unsaturated/α-hetero) is 1. The molecule has 5 heteroatoms. The Bertz CT molecular complexity index is 420. The van der Waals surface area contributed by atoms with E-state index < -0.39 is 0 Å². The molecular weight excluding hydrogens is 230 g/mol. The summed E-state index contributed by atoms with van der Waals surface area (Å²) in [5, 5.41) is 0. The lowest BCUT2D eigenvalue weighted by atomic mass is 10.1. The van der Waals surface area contributed by atoms with Crippen molar-refractivity contribution in [2.75, 3.05) is 14.2 Å². The topological polar surface area (TPSA) is 61.6 Å². The number of ether oxygens (including phenoxy) is 2. The Morgan fingerprint density at radius 2 is 1.81 bits per heavy atom. The van der Waals surface area contributed by atoms with Gasteiger partial charge in [-0.05, 0) is 17.7 Å². The van der Waals surface area contributed by atoms with Gasteiger partial charge in [-0.2, -0.15) is 0 Å². The van der Waals surface area contributed by atoms with Crippen molar-refractivity contribution in [2.24, 2.45) is 5.73 Å². The lowest BCUT2D eigenvalue weighted by Crippen LogP contribution is -2.06. The average Bonchev–Trinajstić information content (AvgIpc) is 2.52. The molecule has 2 rings (SSSR count). The van der Waals surface area contributed by atoms with E-state index in [1.165, 1.54) is 0 Å². The highest BCUT2D eigenvalue weighted by molar-refractivity contribution is 6.01. The summed E-state index contributed by atoms with van der Waals surface area (Å²) < 4.78 is 10.3. The Hall–Kier alpha value is -1.26. The number of hydrogen-bond donors (Lipinski definition) is 1. The molecule has 0 spiro atoms. The van der Waals surface area contributed by atoms with Crippen molar-refractivity contribution in [3.05, 3.63) is 23.3 Å². The van der Waals surface area contributed by atoms with Crippen LogP contribution in [0.25, 0.3) is 0 Å². The van der Waals surface area contributed by atoms with Crippen LogP contribution in [0.5, 0.6) is 11.5 Å². The van der Waals surface area contributed by atoms with Crippen molar-refractivity contribution in [1.29, 1.82) is 0 Å². The third-order valence-corrected chi connectivity index (χ3v) is 2.66. The predicted molar refractivity (Wildman–Crippen MR) is 62.7 cm³/mol. The fourth-order valence-corrected chi connectivity index (χ4v) is 1.86. The van der Waals surface area contributed by atoms with Crippen LogP contribution in [0, 0.1) is 0 Å². The van der Waals surface area contributed by atoms with Crippen LogP contribution < -0.4 is 15.2 Å². The number of rotatable bonds is 2. The van der Waals surface area contributed by atoms with Crippen LogP contribution in [-0.2, 0) is 0 Å². The summed E-state index contributed by atoms with van der Waals surface area (Å²) in [4.78, 5) is 11.6. The van der Waals surface area contributed by atoms with E-state index >= 15 is 0 Å². The third-order valence-electron chi connectivity index (χ3n) is 2.66. The molecule has 0 aliphatic heterocycles. The number of carbonyl (C=O) groups is 1.